The highest BCUT2D eigenvalue weighted by molar-refractivity contribution is 7.99. The molecule has 7 heteroatoms. The Morgan fingerprint density at radius 2 is 1.96 bits per heavy atom. The van der Waals surface area contributed by atoms with Crippen LogP contribution in [0.4, 0.5) is 5.69 Å². The van der Waals surface area contributed by atoms with Crippen molar-refractivity contribution in [1.29, 1.82) is 0 Å². The van der Waals surface area contributed by atoms with Gasteiger partial charge in [-0.15, -0.1) is 10.2 Å². The lowest BCUT2D eigenvalue weighted by molar-refractivity contribution is -0.113. The van der Waals surface area contributed by atoms with Crippen molar-refractivity contribution in [1.82, 2.24) is 14.8 Å². The number of carbonyl (C=O) groups is 1. The Labute approximate surface area is 145 Å². The van der Waals surface area contributed by atoms with Crippen LogP contribution in [0.15, 0.2) is 29.4 Å². The third-order valence-corrected chi connectivity index (χ3v) is 4.48. The van der Waals surface area contributed by atoms with Gasteiger partial charge in [0.15, 0.2) is 5.16 Å². The zero-order valence-corrected chi connectivity index (χ0v) is 15.3. The average molecular weight is 353 g/mol. The Balaban J connectivity index is 2.03. The number of anilines is 1. The number of benzene rings is 1. The maximum absolute atomic E-state index is 12.1. The molecule has 0 radical (unpaired) electrons. The van der Waals surface area contributed by atoms with E-state index in [1.807, 2.05) is 12.1 Å². The number of thioether (sulfide) groups is 1. The third kappa shape index (κ3) is 4.48. The lowest BCUT2D eigenvalue weighted by Crippen LogP contribution is -2.15. The Kier molecular flexibility index (Phi) is 6.07. The van der Waals surface area contributed by atoms with Crippen molar-refractivity contribution in [2.75, 3.05) is 11.1 Å². The number of hydrogen-bond acceptors (Lipinski definition) is 4. The minimum Gasteiger partial charge on any atom is -0.324 e. The number of amides is 1. The minimum atomic E-state index is -0.118. The van der Waals surface area contributed by atoms with Crippen molar-refractivity contribution in [3.05, 3.63) is 35.1 Å². The highest BCUT2D eigenvalue weighted by atomic mass is 35.5. The van der Waals surface area contributed by atoms with Gasteiger partial charge in [-0.05, 0) is 26.0 Å². The summed E-state index contributed by atoms with van der Waals surface area (Å²) in [6.45, 7) is 8.34. The molecule has 1 aromatic carbocycles. The summed E-state index contributed by atoms with van der Waals surface area (Å²) in [5.74, 6) is 1.37. The highest BCUT2D eigenvalue weighted by Gasteiger charge is 2.18. The fourth-order valence-electron chi connectivity index (χ4n) is 2.14. The van der Waals surface area contributed by atoms with Crippen molar-refractivity contribution in [2.45, 2.75) is 44.8 Å². The SMILES string of the molecule is CC(C)c1nnc(SCC(=O)Nc2ccccc2Cl)n1C(C)C. The van der Waals surface area contributed by atoms with Crippen LogP contribution in [0.1, 0.15) is 45.5 Å². The molecule has 0 saturated heterocycles. The van der Waals surface area contributed by atoms with Crippen molar-refractivity contribution in [3.8, 4) is 0 Å². The fourth-order valence-corrected chi connectivity index (χ4v) is 3.20. The van der Waals surface area contributed by atoms with Gasteiger partial charge in [0, 0.05) is 12.0 Å². The number of nitrogens with one attached hydrogen (secondary N) is 1. The fraction of sp³-hybridized carbons (Fsp3) is 0.438. The first-order valence-electron chi connectivity index (χ1n) is 7.52. The van der Waals surface area contributed by atoms with Crippen LogP contribution < -0.4 is 5.32 Å². The second kappa shape index (κ2) is 7.84. The summed E-state index contributed by atoms with van der Waals surface area (Å²) in [4.78, 5) is 12.1. The highest BCUT2D eigenvalue weighted by Crippen LogP contribution is 2.26. The molecule has 0 saturated carbocycles. The topological polar surface area (TPSA) is 59.8 Å². The quantitative estimate of drug-likeness (QED) is 0.784. The van der Waals surface area contributed by atoms with E-state index >= 15 is 0 Å². The molecular formula is C16H21ClN4OS. The van der Waals surface area contributed by atoms with E-state index in [0.29, 0.717) is 10.7 Å². The second-order valence-electron chi connectivity index (χ2n) is 5.78. The number of nitrogens with zero attached hydrogens (tertiary/aromatic N) is 3. The van der Waals surface area contributed by atoms with Crippen LogP contribution in [0.5, 0.6) is 0 Å². The Morgan fingerprint density at radius 3 is 2.57 bits per heavy atom. The molecule has 1 aromatic heterocycles. The number of carbonyl (C=O) groups excluding carboxylic acids is 1. The molecule has 124 valence electrons. The van der Waals surface area contributed by atoms with Gasteiger partial charge in [-0.3, -0.25) is 4.79 Å². The first-order chi connectivity index (χ1) is 10.9. The molecule has 1 amide bonds. The van der Waals surface area contributed by atoms with Crippen LogP contribution in [-0.4, -0.2) is 26.4 Å². The van der Waals surface area contributed by atoms with Crippen molar-refractivity contribution >= 4 is 35.0 Å². The van der Waals surface area contributed by atoms with Crippen LogP contribution >= 0.6 is 23.4 Å². The summed E-state index contributed by atoms with van der Waals surface area (Å²) in [7, 11) is 0. The lowest BCUT2D eigenvalue weighted by Gasteiger charge is -2.15. The molecule has 0 atom stereocenters. The number of para-hydroxylation sites is 1. The summed E-state index contributed by atoms with van der Waals surface area (Å²) >= 11 is 7.42. The van der Waals surface area contributed by atoms with Crippen LogP contribution in [0.3, 0.4) is 0 Å². The molecule has 23 heavy (non-hydrogen) atoms. The number of aromatic nitrogens is 3. The summed E-state index contributed by atoms with van der Waals surface area (Å²) in [6, 6.07) is 7.42. The summed E-state index contributed by atoms with van der Waals surface area (Å²) in [5.41, 5.74) is 0.618. The smallest absolute Gasteiger partial charge is 0.234 e. The molecule has 1 heterocycles. The number of halogens is 1. The van der Waals surface area contributed by atoms with Crippen molar-refractivity contribution in [3.63, 3.8) is 0 Å². The van der Waals surface area contributed by atoms with E-state index in [9.17, 15) is 4.79 Å². The maximum Gasteiger partial charge on any atom is 0.234 e. The molecule has 0 fully saturated rings. The van der Waals surface area contributed by atoms with Crippen LogP contribution in [0, 0.1) is 0 Å². The lowest BCUT2D eigenvalue weighted by atomic mass is 10.2. The molecule has 2 aromatic rings. The predicted octanol–water partition coefficient (Wildman–Crippen LogP) is 4.37. The first kappa shape index (κ1) is 17.8. The molecule has 0 aliphatic heterocycles. The number of hydrogen-bond donors (Lipinski definition) is 1. The summed E-state index contributed by atoms with van der Waals surface area (Å²) in [6.07, 6.45) is 0. The van der Waals surface area contributed by atoms with Gasteiger partial charge in [0.2, 0.25) is 5.91 Å². The van der Waals surface area contributed by atoms with Gasteiger partial charge in [0.25, 0.3) is 0 Å². The molecular weight excluding hydrogens is 332 g/mol. The van der Waals surface area contributed by atoms with E-state index in [2.05, 4.69) is 47.8 Å². The van der Waals surface area contributed by atoms with Gasteiger partial charge in [0.05, 0.1) is 16.5 Å². The Morgan fingerprint density at radius 1 is 1.26 bits per heavy atom. The zero-order valence-electron chi connectivity index (χ0n) is 13.7. The monoisotopic (exact) mass is 352 g/mol. The van der Waals surface area contributed by atoms with E-state index in [4.69, 9.17) is 11.6 Å². The van der Waals surface area contributed by atoms with Crippen LogP contribution in [0.25, 0.3) is 0 Å². The van der Waals surface area contributed by atoms with Gasteiger partial charge in [-0.1, -0.05) is 49.3 Å². The molecule has 0 unspecified atom stereocenters. The maximum atomic E-state index is 12.1. The molecule has 2 rings (SSSR count). The normalized spacial score (nSPS) is 11.3. The van der Waals surface area contributed by atoms with Gasteiger partial charge in [-0.2, -0.15) is 0 Å². The Bertz CT molecular complexity index is 684. The largest absolute Gasteiger partial charge is 0.324 e. The molecule has 0 aliphatic carbocycles. The third-order valence-electron chi connectivity index (χ3n) is 3.20. The van der Waals surface area contributed by atoms with E-state index < -0.39 is 0 Å². The minimum absolute atomic E-state index is 0.118. The van der Waals surface area contributed by atoms with Crippen LogP contribution in [-0.2, 0) is 4.79 Å². The summed E-state index contributed by atoms with van der Waals surface area (Å²) in [5, 5.41) is 12.6. The van der Waals surface area contributed by atoms with Gasteiger partial charge >= 0.3 is 0 Å². The standard InChI is InChI=1S/C16H21ClN4OS/c1-10(2)15-19-20-16(21(15)11(3)4)23-9-14(22)18-13-8-6-5-7-12(13)17/h5-8,10-11H,9H2,1-4H3,(H,18,22). The van der Waals surface area contributed by atoms with E-state index in [-0.39, 0.29) is 23.6 Å². The van der Waals surface area contributed by atoms with E-state index in [0.717, 1.165) is 11.0 Å². The molecule has 5 nitrogen and oxygen atoms in total. The molecule has 0 aliphatic rings. The molecule has 0 spiro atoms. The van der Waals surface area contributed by atoms with Gasteiger partial charge in [0.1, 0.15) is 5.82 Å². The van der Waals surface area contributed by atoms with Crippen molar-refractivity contribution in [2.24, 2.45) is 0 Å². The number of rotatable bonds is 6. The summed E-state index contributed by atoms with van der Waals surface area (Å²) < 4.78 is 2.08. The van der Waals surface area contributed by atoms with Gasteiger partial charge in [-0.25, -0.2) is 0 Å². The predicted molar refractivity (Wildman–Crippen MR) is 95.3 cm³/mol. The van der Waals surface area contributed by atoms with E-state index in [1.54, 1.807) is 12.1 Å². The second-order valence-corrected chi connectivity index (χ2v) is 7.13. The van der Waals surface area contributed by atoms with Crippen molar-refractivity contribution < 1.29 is 4.79 Å². The van der Waals surface area contributed by atoms with E-state index in [1.165, 1.54) is 11.8 Å². The zero-order chi connectivity index (χ0) is 17.0. The first-order valence-corrected chi connectivity index (χ1v) is 8.88. The Hall–Kier alpha value is -1.53. The van der Waals surface area contributed by atoms with Gasteiger partial charge < -0.3 is 9.88 Å². The average Bonchev–Trinajstić information content (AvgIpc) is 2.92. The van der Waals surface area contributed by atoms with Crippen LogP contribution in [0.2, 0.25) is 5.02 Å². The molecule has 0 bridgehead atoms. The molecule has 1 N–H and O–H groups in total.